The van der Waals surface area contributed by atoms with Crippen molar-refractivity contribution in [3.05, 3.63) is 16.4 Å². The number of hydrogen-bond acceptors (Lipinski definition) is 4. The maximum atomic E-state index is 11.1. The van der Waals surface area contributed by atoms with Crippen molar-refractivity contribution in [2.75, 3.05) is 11.9 Å². The van der Waals surface area contributed by atoms with Crippen LogP contribution in [0.5, 0.6) is 0 Å². The summed E-state index contributed by atoms with van der Waals surface area (Å²) in [7, 11) is 0. The molecule has 5 nitrogen and oxygen atoms in total. The Labute approximate surface area is 76.6 Å². The molecule has 0 aliphatic rings. The zero-order chi connectivity index (χ0) is 9.52. The molecule has 0 aromatic carbocycles. The average molecular weight is 182 g/mol. The lowest BCUT2D eigenvalue weighted by Crippen LogP contribution is -2.15. The summed E-state index contributed by atoms with van der Waals surface area (Å²) < 4.78 is 0. The maximum Gasteiger partial charge on any atom is 0.242 e. The molecule has 2 N–H and O–H groups in total. The fourth-order valence-corrected chi connectivity index (χ4v) is 0.991. The van der Waals surface area contributed by atoms with Gasteiger partial charge >= 0.3 is 0 Å². The van der Waals surface area contributed by atoms with Crippen LogP contribution in [0.4, 0.5) is 5.82 Å². The van der Waals surface area contributed by atoms with Crippen molar-refractivity contribution in [3.8, 4) is 0 Å². The number of aromatic nitrogens is 3. The molecule has 0 radical (unpaired) electrons. The van der Waals surface area contributed by atoms with E-state index in [1.165, 1.54) is 12.6 Å². The van der Waals surface area contributed by atoms with E-state index >= 15 is 0 Å². The molecule has 13 heavy (non-hydrogen) atoms. The number of anilines is 1. The van der Waals surface area contributed by atoms with E-state index in [2.05, 4.69) is 27.7 Å². The number of unbranched alkanes of at least 4 members (excludes halogenated alkanes) is 2. The van der Waals surface area contributed by atoms with Crippen molar-refractivity contribution in [2.24, 2.45) is 0 Å². The topological polar surface area (TPSA) is 70.7 Å². The van der Waals surface area contributed by atoms with E-state index in [0.29, 0.717) is 5.82 Å². The number of nitrogens with one attached hydrogen (secondary N) is 2. The summed E-state index contributed by atoms with van der Waals surface area (Å²) in [5.41, 5.74) is -0.171. The van der Waals surface area contributed by atoms with Gasteiger partial charge in [0, 0.05) is 6.54 Å². The summed E-state index contributed by atoms with van der Waals surface area (Å²) >= 11 is 0. The third kappa shape index (κ3) is 3.23. The predicted octanol–water partition coefficient (Wildman–Crippen LogP) is 0.767. The minimum Gasteiger partial charge on any atom is -0.365 e. The fourth-order valence-electron chi connectivity index (χ4n) is 0.991. The highest BCUT2D eigenvalue weighted by Gasteiger charge is 1.97. The van der Waals surface area contributed by atoms with E-state index < -0.39 is 0 Å². The second-order valence-electron chi connectivity index (χ2n) is 2.82. The fraction of sp³-hybridized carbons (Fsp3) is 0.625. The number of rotatable bonds is 5. The molecule has 0 atom stereocenters. The summed E-state index contributed by atoms with van der Waals surface area (Å²) in [4.78, 5) is 11.1. The second-order valence-corrected chi connectivity index (χ2v) is 2.82. The van der Waals surface area contributed by atoms with Crippen LogP contribution < -0.4 is 10.7 Å². The first-order chi connectivity index (χ1) is 6.34. The molecule has 72 valence electrons. The van der Waals surface area contributed by atoms with Crippen LogP contribution in [0, 0.1) is 0 Å². The van der Waals surface area contributed by atoms with E-state index in [0.717, 1.165) is 19.4 Å². The van der Waals surface area contributed by atoms with Gasteiger partial charge in [0.25, 0.3) is 0 Å². The molecule has 0 saturated carbocycles. The third-order valence-corrected chi connectivity index (χ3v) is 1.71. The first-order valence-corrected chi connectivity index (χ1v) is 4.48. The smallest absolute Gasteiger partial charge is 0.242 e. The Morgan fingerprint density at radius 1 is 1.54 bits per heavy atom. The Morgan fingerprint density at radius 3 is 3.08 bits per heavy atom. The molecule has 0 aliphatic carbocycles. The Morgan fingerprint density at radius 2 is 2.38 bits per heavy atom. The third-order valence-electron chi connectivity index (χ3n) is 1.71. The molecule has 5 heteroatoms. The Balaban J connectivity index is 2.37. The molecular formula is C8H14N4O. The van der Waals surface area contributed by atoms with Crippen molar-refractivity contribution in [2.45, 2.75) is 26.2 Å². The molecule has 0 fully saturated rings. The van der Waals surface area contributed by atoms with E-state index in [1.807, 2.05) is 0 Å². The molecule has 0 amide bonds. The number of aromatic amines is 1. The van der Waals surface area contributed by atoms with Gasteiger partial charge in [-0.3, -0.25) is 4.79 Å². The molecule has 1 heterocycles. The van der Waals surface area contributed by atoms with Gasteiger partial charge in [-0.1, -0.05) is 19.8 Å². The molecule has 1 rings (SSSR count). The lowest BCUT2D eigenvalue weighted by atomic mass is 10.2. The van der Waals surface area contributed by atoms with Crippen LogP contribution in [0.1, 0.15) is 26.2 Å². The molecule has 0 saturated heterocycles. The van der Waals surface area contributed by atoms with Gasteiger partial charge in [0.15, 0.2) is 5.82 Å². The zero-order valence-electron chi connectivity index (χ0n) is 7.71. The van der Waals surface area contributed by atoms with Crippen LogP contribution in [-0.4, -0.2) is 22.0 Å². The molecule has 0 unspecified atom stereocenters. The summed E-state index contributed by atoms with van der Waals surface area (Å²) in [6, 6.07) is 0. The Bertz CT molecular complexity index is 296. The molecule has 0 bridgehead atoms. The van der Waals surface area contributed by atoms with Crippen LogP contribution in [0.15, 0.2) is 11.0 Å². The van der Waals surface area contributed by atoms with Crippen molar-refractivity contribution in [3.63, 3.8) is 0 Å². The van der Waals surface area contributed by atoms with Crippen LogP contribution in [0.3, 0.4) is 0 Å². The molecule has 1 aromatic heterocycles. The van der Waals surface area contributed by atoms with Gasteiger partial charge in [-0.2, -0.15) is 10.3 Å². The highest BCUT2D eigenvalue weighted by atomic mass is 16.1. The van der Waals surface area contributed by atoms with E-state index in [-0.39, 0.29) is 5.43 Å². The van der Waals surface area contributed by atoms with Crippen LogP contribution >= 0.6 is 0 Å². The van der Waals surface area contributed by atoms with Crippen molar-refractivity contribution in [1.82, 2.24) is 15.4 Å². The lowest BCUT2D eigenvalue weighted by molar-refractivity contribution is 0.738. The molecule has 0 spiro atoms. The van der Waals surface area contributed by atoms with Crippen LogP contribution in [0.25, 0.3) is 0 Å². The summed E-state index contributed by atoms with van der Waals surface area (Å²) in [6.07, 6.45) is 4.60. The molecule has 1 aromatic rings. The van der Waals surface area contributed by atoms with E-state index in [9.17, 15) is 4.79 Å². The Kier molecular flexibility index (Phi) is 3.95. The van der Waals surface area contributed by atoms with Crippen molar-refractivity contribution in [1.29, 1.82) is 0 Å². The zero-order valence-corrected chi connectivity index (χ0v) is 7.71. The summed E-state index contributed by atoms with van der Waals surface area (Å²) in [5, 5.41) is 12.5. The highest BCUT2D eigenvalue weighted by molar-refractivity contribution is 5.30. The first-order valence-electron chi connectivity index (χ1n) is 4.48. The maximum absolute atomic E-state index is 11.1. The van der Waals surface area contributed by atoms with Crippen molar-refractivity contribution < 1.29 is 0 Å². The van der Waals surface area contributed by atoms with Gasteiger partial charge in [0.05, 0.1) is 0 Å². The number of hydrogen-bond donors (Lipinski definition) is 2. The number of nitrogens with zero attached hydrogens (tertiary/aromatic N) is 2. The highest BCUT2D eigenvalue weighted by Crippen LogP contribution is 1.95. The SMILES string of the molecule is CCCCCNc1n[nH]ncc1=O. The molecule has 0 aliphatic heterocycles. The summed E-state index contributed by atoms with van der Waals surface area (Å²) in [6.45, 7) is 2.92. The summed E-state index contributed by atoms with van der Waals surface area (Å²) in [5.74, 6) is 0.353. The quantitative estimate of drug-likeness (QED) is 0.660. The van der Waals surface area contributed by atoms with Gasteiger partial charge in [-0.25, -0.2) is 0 Å². The van der Waals surface area contributed by atoms with Crippen LogP contribution in [-0.2, 0) is 0 Å². The van der Waals surface area contributed by atoms with Gasteiger partial charge in [0.2, 0.25) is 5.43 Å². The lowest BCUT2D eigenvalue weighted by Gasteiger charge is -2.01. The molecular weight excluding hydrogens is 168 g/mol. The standard InChI is InChI=1S/C8H14N4O/c1-2-3-4-5-9-8-7(13)6-10-12-11-8/h6H,2-5H2,1H3,(H,12,13)(H,9,10,11). The van der Waals surface area contributed by atoms with E-state index in [4.69, 9.17) is 0 Å². The Hall–Kier alpha value is -1.39. The van der Waals surface area contributed by atoms with Crippen molar-refractivity contribution >= 4 is 5.82 Å². The monoisotopic (exact) mass is 182 g/mol. The van der Waals surface area contributed by atoms with Gasteiger partial charge < -0.3 is 5.32 Å². The van der Waals surface area contributed by atoms with E-state index in [1.54, 1.807) is 0 Å². The first kappa shape index (κ1) is 9.70. The predicted molar refractivity (Wildman–Crippen MR) is 50.7 cm³/mol. The van der Waals surface area contributed by atoms with Gasteiger partial charge in [-0.05, 0) is 6.42 Å². The van der Waals surface area contributed by atoms with Gasteiger partial charge in [0.1, 0.15) is 6.20 Å². The van der Waals surface area contributed by atoms with Gasteiger partial charge in [-0.15, -0.1) is 5.10 Å². The minimum absolute atomic E-state index is 0.171. The minimum atomic E-state index is -0.171. The second kappa shape index (κ2) is 5.29. The largest absolute Gasteiger partial charge is 0.365 e. The van der Waals surface area contributed by atoms with Crippen LogP contribution in [0.2, 0.25) is 0 Å². The average Bonchev–Trinajstić information content (AvgIpc) is 2.15. The number of H-pyrrole nitrogens is 1. The normalized spacial score (nSPS) is 9.92.